The van der Waals surface area contributed by atoms with E-state index in [1.807, 2.05) is 31.2 Å². The summed E-state index contributed by atoms with van der Waals surface area (Å²) < 4.78 is 5.93. The van der Waals surface area contributed by atoms with E-state index < -0.39 is 0 Å². The Labute approximate surface area is 125 Å². The summed E-state index contributed by atoms with van der Waals surface area (Å²) in [6.45, 7) is 8.08. The van der Waals surface area contributed by atoms with Gasteiger partial charge in [-0.3, -0.25) is 0 Å². The Morgan fingerprint density at radius 3 is 2.55 bits per heavy atom. The molecule has 0 heterocycles. The molecule has 0 fully saturated rings. The summed E-state index contributed by atoms with van der Waals surface area (Å²) in [6.07, 6.45) is 0. The zero-order chi connectivity index (χ0) is 14.5. The minimum Gasteiger partial charge on any atom is -0.457 e. The van der Waals surface area contributed by atoms with Crippen LogP contribution in [0.25, 0.3) is 0 Å². The van der Waals surface area contributed by atoms with Crippen molar-refractivity contribution in [2.75, 3.05) is 6.54 Å². The molecule has 0 spiro atoms. The molecule has 3 heteroatoms. The zero-order valence-corrected chi connectivity index (χ0v) is 12.9. The maximum absolute atomic E-state index is 6.01. The quantitative estimate of drug-likeness (QED) is 0.849. The third-order valence-corrected chi connectivity index (χ3v) is 3.49. The van der Waals surface area contributed by atoms with Gasteiger partial charge in [-0.1, -0.05) is 30.7 Å². The number of halogens is 1. The molecule has 0 saturated heterocycles. The first-order valence-corrected chi connectivity index (χ1v) is 7.22. The first kappa shape index (κ1) is 14.9. The molecule has 0 aromatic heterocycles. The second kappa shape index (κ2) is 6.78. The molecule has 0 aliphatic heterocycles. The molecule has 20 heavy (non-hydrogen) atoms. The summed E-state index contributed by atoms with van der Waals surface area (Å²) in [4.78, 5) is 0. The van der Waals surface area contributed by atoms with Crippen molar-refractivity contribution < 1.29 is 4.74 Å². The second-order valence-electron chi connectivity index (χ2n) is 4.88. The van der Waals surface area contributed by atoms with Gasteiger partial charge in [-0.05, 0) is 61.3 Å². The molecule has 0 radical (unpaired) electrons. The number of aryl methyl sites for hydroxylation is 2. The maximum Gasteiger partial charge on any atom is 0.131 e. The smallest absolute Gasteiger partial charge is 0.131 e. The molecule has 0 aliphatic rings. The van der Waals surface area contributed by atoms with Crippen LogP contribution in [-0.2, 0) is 6.54 Å². The molecule has 106 valence electrons. The highest BCUT2D eigenvalue weighted by Crippen LogP contribution is 2.29. The van der Waals surface area contributed by atoms with Crippen molar-refractivity contribution in [3.63, 3.8) is 0 Å². The molecule has 2 rings (SSSR count). The Kier molecular flexibility index (Phi) is 5.05. The van der Waals surface area contributed by atoms with Crippen molar-refractivity contribution in [1.29, 1.82) is 0 Å². The van der Waals surface area contributed by atoms with Crippen molar-refractivity contribution >= 4 is 11.6 Å². The summed E-state index contributed by atoms with van der Waals surface area (Å²) in [5.41, 5.74) is 3.59. The van der Waals surface area contributed by atoms with Crippen LogP contribution in [0.3, 0.4) is 0 Å². The van der Waals surface area contributed by atoms with Crippen molar-refractivity contribution in [3.8, 4) is 11.5 Å². The van der Waals surface area contributed by atoms with Crippen molar-refractivity contribution in [2.45, 2.75) is 27.3 Å². The standard InChI is InChI=1S/C17H20ClNO/c1-4-19-11-14-6-8-16(9-13(14)3)20-17-10-15(18)7-5-12(17)2/h5-10,19H,4,11H2,1-3H3. The molecule has 2 aromatic rings. The third-order valence-electron chi connectivity index (χ3n) is 3.26. The molecule has 0 amide bonds. The van der Waals surface area contributed by atoms with Gasteiger partial charge in [-0.15, -0.1) is 0 Å². The Hall–Kier alpha value is -1.51. The van der Waals surface area contributed by atoms with E-state index >= 15 is 0 Å². The number of nitrogens with one attached hydrogen (secondary N) is 1. The molecule has 2 nitrogen and oxygen atoms in total. The summed E-state index contributed by atoms with van der Waals surface area (Å²) in [6, 6.07) is 11.8. The maximum atomic E-state index is 6.01. The minimum absolute atomic E-state index is 0.686. The van der Waals surface area contributed by atoms with Gasteiger partial charge in [0.1, 0.15) is 11.5 Å². The Bertz CT molecular complexity index is 596. The largest absolute Gasteiger partial charge is 0.457 e. The number of hydrogen-bond acceptors (Lipinski definition) is 2. The third kappa shape index (κ3) is 3.75. The monoisotopic (exact) mass is 289 g/mol. The van der Waals surface area contributed by atoms with Crippen LogP contribution in [0.1, 0.15) is 23.6 Å². The fourth-order valence-electron chi connectivity index (χ4n) is 2.00. The molecule has 2 aromatic carbocycles. The summed E-state index contributed by atoms with van der Waals surface area (Å²) >= 11 is 6.01. The predicted octanol–water partition coefficient (Wildman–Crippen LogP) is 4.86. The second-order valence-corrected chi connectivity index (χ2v) is 5.32. The minimum atomic E-state index is 0.686. The van der Waals surface area contributed by atoms with Gasteiger partial charge < -0.3 is 10.1 Å². The average molecular weight is 290 g/mol. The van der Waals surface area contributed by atoms with E-state index in [0.717, 1.165) is 30.2 Å². The zero-order valence-electron chi connectivity index (χ0n) is 12.2. The van der Waals surface area contributed by atoms with Gasteiger partial charge in [-0.25, -0.2) is 0 Å². The van der Waals surface area contributed by atoms with E-state index in [1.165, 1.54) is 11.1 Å². The first-order valence-electron chi connectivity index (χ1n) is 6.84. The Morgan fingerprint density at radius 1 is 1.05 bits per heavy atom. The van der Waals surface area contributed by atoms with Crippen LogP contribution in [0.15, 0.2) is 36.4 Å². The van der Waals surface area contributed by atoms with Gasteiger partial charge in [0.15, 0.2) is 0 Å². The predicted molar refractivity (Wildman–Crippen MR) is 84.8 cm³/mol. The molecule has 0 bridgehead atoms. The SMILES string of the molecule is CCNCc1ccc(Oc2cc(Cl)ccc2C)cc1C. The van der Waals surface area contributed by atoms with Crippen LogP contribution < -0.4 is 10.1 Å². The normalized spacial score (nSPS) is 10.6. The topological polar surface area (TPSA) is 21.3 Å². The van der Waals surface area contributed by atoms with E-state index in [0.29, 0.717) is 5.02 Å². The summed E-state index contributed by atoms with van der Waals surface area (Å²) in [7, 11) is 0. The van der Waals surface area contributed by atoms with E-state index in [4.69, 9.17) is 16.3 Å². The molecular formula is C17H20ClNO. The Balaban J connectivity index is 2.17. The van der Waals surface area contributed by atoms with Crippen molar-refractivity contribution in [2.24, 2.45) is 0 Å². The summed E-state index contributed by atoms with van der Waals surface area (Å²) in [5, 5.41) is 4.02. The van der Waals surface area contributed by atoms with Crippen LogP contribution in [-0.4, -0.2) is 6.54 Å². The van der Waals surface area contributed by atoms with Crippen molar-refractivity contribution in [3.05, 3.63) is 58.1 Å². The van der Waals surface area contributed by atoms with Gasteiger partial charge in [-0.2, -0.15) is 0 Å². The van der Waals surface area contributed by atoms with Gasteiger partial charge in [0.2, 0.25) is 0 Å². The lowest BCUT2D eigenvalue weighted by atomic mass is 10.1. The van der Waals surface area contributed by atoms with Gasteiger partial charge in [0.25, 0.3) is 0 Å². The summed E-state index contributed by atoms with van der Waals surface area (Å²) in [5.74, 6) is 1.64. The highest BCUT2D eigenvalue weighted by molar-refractivity contribution is 6.30. The fraction of sp³-hybridized carbons (Fsp3) is 0.294. The fourth-order valence-corrected chi connectivity index (χ4v) is 2.16. The highest BCUT2D eigenvalue weighted by atomic mass is 35.5. The lowest BCUT2D eigenvalue weighted by Crippen LogP contribution is -2.12. The first-order chi connectivity index (χ1) is 9.60. The molecule has 0 unspecified atom stereocenters. The van der Waals surface area contributed by atoms with Gasteiger partial charge >= 0.3 is 0 Å². The number of rotatable bonds is 5. The molecular weight excluding hydrogens is 270 g/mol. The number of hydrogen-bond donors (Lipinski definition) is 1. The Morgan fingerprint density at radius 2 is 1.85 bits per heavy atom. The van der Waals surface area contributed by atoms with E-state index in [9.17, 15) is 0 Å². The van der Waals surface area contributed by atoms with Crippen LogP contribution in [0.4, 0.5) is 0 Å². The van der Waals surface area contributed by atoms with Crippen LogP contribution >= 0.6 is 11.6 Å². The van der Waals surface area contributed by atoms with Crippen molar-refractivity contribution in [1.82, 2.24) is 5.32 Å². The van der Waals surface area contributed by atoms with Crippen LogP contribution in [0.5, 0.6) is 11.5 Å². The van der Waals surface area contributed by atoms with Gasteiger partial charge in [0.05, 0.1) is 0 Å². The molecule has 1 N–H and O–H groups in total. The number of benzene rings is 2. The van der Waals surface area contributed by atoms with E-state index in [2.05, 4.69) is 31.3 Å². The average Bonchev–Trinajstić information content (AvgIpc) is 2.42. The number of ether oxygens (including phenoxy) is 1. The van der Waals surface area contributed by atoms with E-state index in [1.54, 1.807) is 0 Å². The van der Waals surface area contributed by atoms with Crippen LogP contribution in [0, 0.1) is 13.8 Å². The molecule has 0 saturated carbocycles. The lowest BCUT2D eigenvalue weighted by Gasteiger charge is -2.12. The lowest BCUT2D eigenvalue weighted by molar-refractivity contribution is 0.478. The van der Waals surface area contributed by atoms with Gasteiger partial charge in [0, 0.05) is 11.6 Å². The molecule has 0 aliphatic carbocycles. The van der Waals surface area contributed by atoms with Crippen LogP contribution in [0.2, 0.25) is 5.02 Å². The highest BCUT2D eigenvalue weighted by Gasteiger charge is 2.05. The molecule has 0 atom stereocenters. The van der Waals surface area contributed by atoms with E-state index in [-0.39, 0.29) is 0 Å².